The zero-order valence-electron chi connectivity index (χ0n) is 22.5. The SMILES string of the molecule is CCO.COCCOC(=O)C1=C(C)NC(C)=C(C(=O)OC/C=C/c2ccccc2)C1c1cccc([N+](=O)[O-])c1. The molecule has 0 aliphatic carbocycles. The number of allylic oxidation sites excluding steroid dienone is 2. The number of non-ortho nitro benzene ring substituents is 1. The lowest BCUT2D eigenvalue weighted by atomic mass is 9.80. The summed E-state index contributed by atoms with van der Waals surface area (Å²) in [4.78, 5) is 37.3. The van der Waals surface area contributed by atoms with Gasteiger partial charge < -0.3 is 24.6 Å². The Labute approximate surface area is 227 Å². The van der Waals surface area contributed by atoms with Crippen LogP contribution in [0.1, 0.15) is 37.8 Å². The molecule has 2 aromatic rings. The quantitative estimate of drug-likeness (QED) is 0.197. The predicted octanol–water partition coefficient (Wildman–Crippen LogP) is 4.27. The van der Waals surface area contributed by atoms with Crippen LogP contribution in [-0.2, 0) is 23.8 Å². The second kappa shape index (κ2) is 15.9. The highest BCUT2D eigenvalue weighted by Crippen LogP contribution is 2.40. The van der Waals surface area contributed by atoms with Crippen LogP contribution < -0.4 is 5.32 Å². The highest BCUT2D eigenvalue weighted by Gasteiger charge is 2.38. The fraction of sp³-hybridized carbons (Fsp3) is 0.310. The average molecular weight is 539 g/mol. The maximum atomic E-state index is 13.3. The molecule has 0 radical (unpaired) electrons. The monoisotopic (exact) mass is 538 g/mol. The number of aliphatic hydroxyl groups is 1. The molecule has 0 bridgehead atoms. The zero-order chi connectivity index (χ0) is 28.8. The molecule has 10 nitrogen and oxygen atoms in total. The molecule has 1 atom stereocenters. The molecule has 2 aromatic carbocycles. The van der Waals surface area contributed by atoms with E-state index in [1.807, 2.05) is 36.4 Å². The van der Waals surface area contributed by atoms with E-state index < -0.39 is 22.8 Å². The number of esters is 2. The molecule has 39 heavy (non-hydrogen) atoms. The topological polar surface area (TPSA) is 137 Å². The number of nitrogens with one attached hydrogen (secondary N) is 1. The van der Waals surface area contributed by atoms with E-state index in [4.69, 9.17) is 19.3 Å². The van der Waals surface area contributed by atoms with Crippen molar-refractivity contribution in [3.8, 4) is 0 Å². The predicted molar refractivity (Wildman–Crippen MR) is 146 cm³/mol. The number of nitro groups is 1. The molecule has 0 aromatic heterocycles. The number of rotatable bonds is 10. The van der Waals surface area contributed by atoms with Gasteiger partial charge in [-0.25, -0.2) is 9.59 Å². The molecule has 1 heterocycles. The molecule has 1 aliphatic rings. The van der Waals surface area contributed by atoms with Gasteiger partial charge in [-0.05, 0) is 38.0 Å². The van der Waals surface area contributed by atoms with E-state index in [1.165, 1.54) is 25.3 Å². The van der Waals surface area contributed by atoms with Crippen molar-refractivity contribution in [2.24, 2.45) is 0 Å². The van der Waals surface area contributed by atoms with Gasteiger partial charge in [0.05, 0.1) is 28.6 Å². The summed E-state index contributed by atoms with van der Waals surface area (Å²) in [5, 5.41) is 22.1. The summed E-state index contributed by atoms with van der Waals surface area (Å²) in [6.07, 6.45) is 3.54. The molecule has 3 rings (SSSR count). The van der Waals surface area contributed by atoms with E-state index in [2.05, 4.69) is 5.32 Å². The highest BCUT2D eigenvalue weighted by atomic mass is 16.6. The number of nitro benzene ring substituents is 1. The van der Waals surface area contributed by atoms with E-state index in [9.17, 15) is 19.7 Å². The summed E-state index contributed by atoms with van der Waals surface area (Å²) in [5.74, 6) is -2.23. The van der Waals surface area contributed by atoms with Crippen LogP contribution in [0.3, 0.4) is 0 Å². The minimum Gasteiger partial charge on any atom is -0.460 e. The van der Waals surface area contributed by atoms with Crippen molar-refractivity contribution in [3.05, 3.63) is 104 Å². The maximum Gasteiger partial charge on any atom is 0.337 e. The van der Waals surface area contributed by atoms with Gasteiger partial charge in [0.25, 0.3) is 5.69 Å². The summed E-state index contributed by atoms with van der Waals surface area (Å²) in [6, 6.07) is 15.4. The highest BCUT2D eigenvalue weighted by molar-refractivity contribution is 6.00. The number of methoxy groups -OCH3 is 1. The first-order valence-electron chi connectivity index (χ1n) is 12.3. The van der Waals surface area contributed by atoms with Crippen molar-refractivity contribution in [2.75, 3.05) is 33.5 Å². The van der Waals surface area contributed by atoms with Crippen LogP contribution in [0.5, 0.6) is 0 Å². The summed E-state index contributed by atoms with van der Waals surface area (Å²) in [5.41, 5.74) is 2.50. The fourth-order valence-electron chi connectivity index (χ4n) is 3.93. The lowest BCUT2D eigenvalue weighted by molar-refractivity contribution is -0.384. The van der Waals surface area contributed by atoms with Crippen LogP contribution >= 0.6 is 0 Å². The van der Waals surface area contributed by atoms with Gasteiger partial charge in [0.15, 0.2) is 0 Å². The normalized spacial score (nSPS) is 14.8. The molecular weight excluding hydrogens is 504 g/mol. The van der Waals surface area contributed by atoms with Crippen LogP contribution in [0.4, 0.5) is 5.69 Å². The summed E-state index contributed by atoms with van der Waals surface area (Å²) in [7, 11) is 1.48. The maximum absolute atomic E-state index is 13.3. The van der Waals surface area contributed by atoms with Gasteiger partial charge in [-0.1, -0.05) is 48.5 Å². The lowest BCUT2D eigenvalue weighted by Gasteiger charge is -2.30. The third-order valence-electron chi connectivity index (χ3n) is 5.56. The molecule has 0 saturated carbocycles. The van der Waals surface area contributed by atoms with Crippen molar-refractivity contribution in [2.45, 2.75) is 26.7 Å². The Morgan fingerprint density at radius 1 is 1.00 bits per heavy atom. The van der Waals surface area contributed by atoms with Crippen LogP contribution in [0, 0.1) is 10.1 Å². The van der Waals surface area contributed by atoms with Crippen LogP contribution in [0.2, 0.25) is 0 Å². The van der Waals surface area contributed by atoms with E-state index in [0.717, 1.165) is 5.56 Å². The van der Waals surface area contributed by atoms with Crippen molar-refractivity contribution >= 4 is 23.7 Å². The van der Waals surface area contributed by atoms with Gasteiger partial charge in [0.1, 0.15) is 13.2 Å². The number of carbonyl (C=O) groups is 2. The summed E-state index contributed by atoms with van der Waals surface area (Å²) in [6.45, 7) is 5.52. The number of hydrogen-bond acceptors (Lipinski definition) is 9. The first-order chi connectivity index (χ1) is 18.7. The first-order valence-corrected chi connectivity index (χ1v) is 12.3. The van der Waals surface area contributed by atoms with Gasteiger partial charge in [-0.15, -0.1) is 0 Å². The van der Waals surface area contributed by atoms with E-state index in [0.29, 0.717) is 17.0 Å². The van der Waals surface area contributed by atoms with Gasteiger partial charge >= 0.3 is 11.9 Å². The Hall–Kier alpha value is -4.28. The van der Waals surface area contributed by atoms with Crippen molar-refractivity contribution in [1.29, 1.82) is 0 Å². The Morgan fingerprint density at radius 2 is 1.62 bits per heavy atom. The van der Waals surface area contributed by atoms with Gasteiger partial charge in [-0.2, -0.15) is 0 Å². The average Bonchev–Trinajstić information content (AvgIpc) is 2.91. The fourth-order valence-corrected chi connectivity index (χ4v) is 3.93. The third kappa shape index (κ3) is 8.91. The van der Waals surface area contributed by atoms with Crippen LogP contribution in [0.15, 0.2) is 83.2 Å². The molecule has 1 aliphatic heterocycles. The van der Waals surface area contributed by atoms with Gasteiger partial charge in [-0.3, -0.25) is 10.1 Å². The van der Waals surface area contributed by atoms with Crippen LogP contribution in [0.25, 0.3) is 6.08 Å². The minimum absolute atomic E-state index is 0.00246. The van der Waals surface area contributed by atoms with Gasteiger partial charge in [0, 0.05) is 37.2 Å². The van der Waals surface area contributed by atoms with Crippen molar-refractivity contribution in [3.63, 3.8) is 0 Å². The molecule has 0 saturated heterocycles. The number of carbonyl (C=O) groups excluding carboxylic acids is 2. The number of hydrogen-bond donors (Lipinski definition) is 2. The second-order valence-corrected chi connectivity index (χ2v) is 8.34. The minimum atomic E-state index is -0.924. The molecular formula is C29H34N2O8. The van der Waals surface area contributed by atoms with E-state index in [-0.39, 0.29) is 43.3 Å². The number of ether oxygens (including phenoxy) is 3. The number of benzene rings is 2. The van der Waals surface area contributed by atoms with Crippen LogP contribution in [-0.4, -0.2) is 55.5 Å². The molecule has 1 unspecified atom stereocenters. The molecule has 0 amide bonds. The molecule has 10 heteroatoms. The summed E-state index contributed by atoms with van der Waals surface area (Å²) >= 11 is 0. The largest absolute Gasteiger partial charge is 0.460 e. The molecule has 208 valence electrons. The zero-order valence-corrected chi connectivity index (χ0v) is 22.5. The number of nitrogens with zero attached hydrogens (tertiary/aromatic N) is 1. The first kappa shape index (κ1) is 30.9. The smallest absolute Gasteiger partial charge is 0.337 e. The number of dihydropyridines is 1. The standard InChI is InChI=1S/C27H28N2O7.C2H6O/c1-18-23(26(30)35-14-8-11-20-9-5-4-6-10-20)25(21-12-7-13-22(17-21)29(32)33)24(19(2)28-18)27(31)36-16-15-34-3;1-2-3/h4-13,17,25,28H,14-16H2,1-3H3;3H,2H2,1H3/b11-8+;. The summed E-state index contributed by atoms with van der Waals surface area (Å²) < 4.78 is 15.8. The second-order valence-electron chi connectivity index (χ2n) is 8.34. The van der Waals surface area contributed by atoms with Gasteiger partial charge in [0.2, 0.25) is 0 Å². The molecule has 0 fully saturated rings. The molecule has 2 N–H and O–H groups in total. The third-order valence-corrected chi connectivity index (χ3v) is 5.56. The van der Waals surface area contributed by atoms with Crippen molar-refractivity contribution < 1.29 is 33.8 Å². The van der Waals surface area contributed by atoms with Crippen molar-refractivity contribution in [1.82, 2.24) is 5.32 Å². The lowest BCUT2D eigenvalue weighted by Crippen LogP contribution is -2.32. The Kier molecular flexibility index (Phi) is 12.6. The molecule has 0 spiro atoms. The van der Waals surface area contributed by atoms with E-state index in [1.54, 1.807) is 32.9 Å². The number of aliphatic hydroxyl groups excluding tert-OH is 1. The Balaban J connectivity index is 0.00000170. The van der Waals surface area contributed by atoms with E-state index >= 15 is 0 Å². The Morgan fingerprint density at radius 3 is 2.21 bits per heavy atom. The Bertz CT molecular complexity index is 1230.